The molecule has 2 aromatic rings. The van der Waals surface area contributed by atoms with Crippen LogP contribution < -0.4 is 5.32 Å². The van der Waals surface area contributed by atoms with Crippen LogP contribution in [0.1, 0.15) is 21.4 Å². The van der Waals surface area contributed by atoms with Crippen LogP contribution in [-0.4, -0.2) is 13.1 Å². The molecule has 1 aromatic carbocycles. The number of carbonyl (C=O) groups excluding carboxylic acids is 1. The van der Waals surface area contributed by atoms with E-state index in [2.05, 4.69) is 5.32 Å². The Hall–Kier alpha value is -1.81. The summed E-state index contributed by atoms with van der Waals surface area (Å²) < 4.78 is 4.91. The molecule has 1 atom stereocenters. The van der Waals surface area contributed by atoms with E-state index in [9.17, 15) is 4.79 Å². The maximum Gasteiger partial charge on any atom is 0.333 e. The van der Waals surface area contributed by atoms with Gasteiger partial charge < -0.3 is 10.1 Å². The smallest absolute Gasteiger partial charge is 0.333 e. The van der Waals surface area contributed by atoms with E-state index in [0.717, 1.165) is 16.1 Å². The summed E-state index contributed by atoms with van der Waals surface area (Å²) in [7, 11) is 1.41. The molecule has 0 aliphatic heterocycles. The lowest BCUT2D eigenvalue weighted by atomic mass is 10.1. The monoisotopic (exact) mass is 275 g/mol. The molecule has 0 spiro atoms. The van der Waals surface area contributed by atoms with Crippen LogP contribution in [0.4, 0.5) is 5.69 Å². The molecule has 3 nitrogen and oxygen atoms in total. The highest BCUT2D eigenvalue weighted by molar-refractivity contribution is 7.12. The number of esters is 1. The van der Waals surface area contributed by atoms with Crippen LogP contribution in [0.3, 0.4) is 0 Å². The summed E-state index contributed by atoms with van der Waals surface area (Å²) in [6, 6.07) is 11.3. The second-order valence-corrected chi connectivity index (χ2v) is 5.80. The van der Waals surface area contributed by atoms with E-state index in [-0.39, 0.29) is 5.97 Å². The number of thiophene rings is 1. The average molecular weight is 275 g/mol. The molecule has 1 heterocycles. The van der Waals surface area contributed by atoms with E-state index >= 15 is 0 Å². The Morgan fingerprint density at radius 2 is 1.95 bits per heavy atom. The number of anilines is 1. The predicted molar refractivity (Wildman–Crippen MR) is 78.6 cm³/mol. The van der Waals surface area contributed by atoms with Gasteiger partial charge in [0.2, 0.25) is 0 Å². The zero-order chi connectivity index (χ0) is 13.8. The first-order valence-electron chi connectivity index (χ1n) is 6.08. The number of carbonyl (C=O) groups is 1. The van der Waals surface area contributed by atoms with Gasteiger partial charge in [-0.2, -0.15) is 0 Å². The van der Waals surface area contributed by atoms with Crippen molar-refractivity contribution in [2.24, 2.45) is 0 Å². The highest BCUT2D eigenvalue weighted by Crippen LogP contribution is 2.29. The number of ether oxygens (including phenoxy) is 1. The Labute approximate surface area is 117 Å². The fraction of sp³-hybridized carbons (Fsp3) is 0.267. The number of nitrogens with one attached hydrogen (secondary N) is 1. The van der Waals surface area contributed by atoms with Crippen molar-refractivity contribution in [3.05, 3.63) is 51.7 Å². The topological polar surface area (TPSA) is 38.3 Å². The first kappa shape index (κ1) is 13.6. The number of hydrogen-bond donors (Lipinski definition) is 1. The Balaban J connectivity index is 2.32. The minimum absolute atomic E-state index is 0.273. The summed E-state index contributed by atoms with van der Waals surface area (Å²) >= 11 is 1.69. The number of para-hydroxylation sites is 1. The number of aryl methyl sites for hydroxylation is 2. The zero-order valence-corrected chi connectivity index (χ0v) is 12.1. The van der Waals surface area contributed by atoms with E-state index in [4.69, 9.17) is 4.74 Å². The average Bonchev–Trinajstić information content (AvgIpc) is 2.75. The predicted octanol–water partition coefficient (Wildman–Crippen LogP) is 3.69. The Morgan fingerprint density at radius 1 is 1.26 bits per heavy atom. The van der Waals surface area contributed by atoms with E-state index in [1.807, 2.05) is 50.2 Å². The first-order valence-corrected chi connectivity index (χ1v) is 6.90. The van der Waals surface area contributed by atoms with Gasteiger partial charge in [-0.25, -0.2) is 4.79 Å². The molecule has 1 N–H and O–H groups in total. The van der Waals surface area contributed by atoms with Crippen molar-refractivity contribution in [3.63, 3.8) is 0 Å². The molecular weight excluding hydrogens is 258 g/mol. The van der Waals surface area contributed by atoms with Crippen LogP contribution in [0, 0.1) is 13.8 Å². The van der Waals surface area contributed by atoms with Crippen LogP contribution in [-0.2, 0) is 9.53 Å². The maximum absolute atomic E-state index is 12.0. The molecular formula is C15H17NO2S. The van der Waals surface area contributed by atoms with Crippen LogP contribution >= 0.6 is 11.3 Å². The van der Waals surface area contributed by atoms with Gasteiger partial charge in [-0.05, 0) is 37.6 Å². The molecule has 0 bridgehead atoms. The van der Waals surface area contributed by atoms with Crippen LogP contribution in [0.5, 0.6) is 0 Å². The van der Waals surface area contributed by atoms with Crippen molar-refractivity contribution < 1.29 is 9.53 Å². The lowest BCUT2D eigenvalue weighted by molar-refractivity contribution is -0.141. The van der Waals surface area contributed by atoms with Gasteiger partial charge in [0.1, 0.15) is 0 Å². The molecule has 0 saturated heterocycles. The quantitative estimate of drug-likeness (QED) is 0.865. The molecule has 0 amide bonds. The van der Waals surface area contributed by atoms with E-state index in [1.165, 1.54) is 12.0 Å². The van der Waals surface area contributed by atoms with Gasteiger partial charge in [0, 0.05) is 15.4 Å². The summed E-state index contributed by atoms with van der Waals surface area (Å²) in [5.74, 6) is -0.273. The fourth-order valence-electron chi connectivity index (χ4n) is 2.02. The highest BCUT2D eigenvalue weighted by Gasteiger charge is 2.24. The van der Waals surface area contributed by atoms with Crippen molar-refractivity contribution >= 4 is 23.0 Å². The Kier molecular flexibility index (Phi) is 4.22. The minimum Gasteiger partial charge on any atom is -0.467 e. The number of methoxy groups -OCH3 is 1. The van der Waals surface area contributed by atoms with Crippen molar-refractivity contribution in [1.29, 1.82) is 0 Å². The summed E-state index contributed by atoms with van der Waals surface area (Å²) in [4.78, 5) is 14.3. The summed E-state index contributed by atoms with van der Waals surface area (Å²) in [5, 5.41) is 3.23. The number of rotatable bonds is 4. The number of hydrogen-bond acceptors (Lipinski definition) is 4. The van der Waals surface area contributed by atoms with Crippen molar-refractivity contribution in [2.45, 2.75) is 19.9 Å². The van der Waals surface area contributed by atoms with E-state index < -0.39 is 6.04 Å². The zero-order valence-electron chi connectivity index (χ0n) is 11.3. The van der Waals surface area contributed by atoms with Crippen molar-refractivity contribution in [1.82, 2.24) is 0 Å². The maximum atomic E-state index is 12.0. The minimum atomic E-state index is -0.461. The van der Waals surface area contributed by atoms with Gasteiger partial charge in [-0.1, -0.05) is 18.2 Å². The lowest BCUT2D eigenvalue weighted by Gasteiger charge is -2.17. The third kappa shape index (κ3) is 3.15. The van der Waals surface area contributed by atoms with Gasteiger partial charge in [0.15, 0.2) is 6.04 Å². The third-order valence-electron chi connectivity index (χ3n) is 2.91. The molecule has 0 radical (unpaired) electrons. The molecule has 19 heavy (non-hydrogen) atoms. The first-order chi connectivity index (χ1) is 9.11. The van der Waals surface area contributed by atoms with Gasteiger partial charge in [-0.15, -0.1) is 11.3 Å². The Bertz CT molecular complexity index is 563. The molecule has 1 aromatic heterocycles. The Morgan fingerprint density at radius 3 is 2.47 bits per heavy atom. The van der Waals surface area contributed by atoms with Crippen molar-refractivity contribution in [2.75, 3.05) is 12.4 Å². The molecule has 2 rings (SSSR count). The van der Waals surface area contributed by atoms with Gasteiger partial charge in [0.25, 0.3) is 0 Å². The molecule has 1 unspecified atom stereocenters. The van der Waals surface area contributed by atoms with Gasteiger partial charge in [-0.3, -0.25) is 0 Å². The molecule has 0 aliphatic rings. The highest BCUT2D eigenvalue weighted by atomic mass is 32.1. The summed E-state index contributed by atoms with van der Waals surface area (Å²) in [5.41, 5.74) is 1.89. The molecule has 100 valence electrons. The van der Waals surface area contributed by atoms with Crippen molar-refractivity contribution in [3.8, 4) is 0 Å². The van der Waals surface area contributed by atoms with Crippen LogP contribution in [0.25, 0.3) is 0 Å². The lowest BCUT2D eigenvalue weighted by Crippen LogP contribution is -2.22. The normalized spacial score (nSPS) is 11.9. The van der Waals surface area contributed by atoms with E-state index in [0.29, 0.717) is 0 Å². The SMILES string of the molecule is COC(=O)C(Nc1ccccc1)c1cc(C)sc1C. The second-order valence-electron chi connectivity index (χ2n) is 4.34. The largest absolute Gasteiger partial charge is 0.467 e. The molecule has 0 saturated carbocycles. The molecule has 0 fully saturated rings. The van der Waals surface area contributed by atoms with Gasteiger partial charge >= 0.3 is 5.97 Å². The molecule has 0 aliphatic carbocycles. The second kappa shape index (κ2) is 5.89. The molecule has 4 heteroatoms. The third-order valence-corrected chi connectivity index (χ3v) is 3.89. The van der Waals surface area contributed by atoms with Crippen LogP contribution in [0.2, 0.25) is 0 Å². The summed E-state index contributed by atoms with van der Waals surface area (Å²) in [6.45, 7) is 4.06. The fourth-order valence-corrected chi connectivity index (χ4v) is 2.98. The van der Waals surface area contributed by atoms with Gasteiger partial charge in [0.05, 0.1) is 7.11 Å². The summed E-state index contributed by atoms with van der Waals surface area (Å²) in [6.07, 6.45) is 0. The van der Waals surface area contributed by atoms with Crippen LogP contribution in [0.15, 0.2) is 36.4 Å². The standard InChI is InChI=1S/C15H17NO2S/c1-10-9-13(11(2)19-10)14(15(17)18-3)16-12-7-5-4-6-8-12/h4-9,14,16H,1-3H3. The number of benzene rings is 1. The van der Waals surface area contributed by atoms with E-state index in [1.54, 1.807) is 11.3 Å².